The molecule has 0 saturated carbocycles. The van der Waals surface area contributed by atoms with Crippen molar-refractivity contribution in [2.45, 2.75) is 31.1 Å². The largest absolute Gasteiger partial charge is 0.322 e. The average Bonchev–Trinajstić information content (AvgIpc) is 3.18. The Balaban J connectivity index is 1.47. The van der Waals surface area contributed by atoms with Crippen LogP contribution >= 0.6 is 0 Å². The molecular weight excluding hydrogens is 450 g/mol. The first-order valence-corrected chi connectivity index (χ1v) is 13.9. The minimum Gasteiger partial charge on any atom is -0.322 e. The molecule has 2 aromatic carbocycles. The van der Waals surface area contributed by atoms with Crippen molar-refractivity contribution in [2.24, 2.45) is 5.92 Å². The van der Waals surface area contributed by atoms with Gasteiger partial charge >= 0.3 is 0 Å². The first kappa shape index (κ1) is 22.8. The second-order valence-electron chi connectivity index (χ2n) is 8.52. The van der Waals surface area contributed by atoms with E-state index in [1.165, 1.54) is 27.0 Å². The molecule has 10 heteroatoms. The second kappa shape index (κ2) is 8.49. The Morgan fingerprint density at radius 3 is 2.41 bits per heavy atom. The van der Waals surface area contributed by atoms with Crippen LogP contribution in [0.25, 0.3) is 0 Å². The van der Waals surface area contributed by atoms with Crippen LogP contribution in [0.4, 0.5) is 11.4 Å². The van der Waals surface area contributed by atoms with Gasteiger partial charge in [0.1, 0.15) is 0 Å². The number of anilines is 2. The topological polar surface area (TPSA) is 104 Å². The van der Waals surface area contributed by atoms with Gasteiger partial charge in [-0.3, -0.25) is 9.10 Å². The van der Waals surface area contributed by atoms with Crippen LogP contribution in [0.1, 0.15) is 35.7 Å². The van der Waals surface area contributed by atoms with E-state index in [2.05, 4.69) is 12.2 Å². The molecular formula is C22H27N3O5S2. The molecule has 1 N–H and O–H groups in total. The van der Waals surface area contributed by atoms with Crippen molar-refractivity contribution >= 4 is 37.3 Å². The lowest BCUT2D eigenvalue weighted by Crippen LogP contribution is -2.39. The Hall–Kier alpha value is -2.43. The molecule has 8 nitrogen and oxygen atoms in total. The molecule has 0 bridgehead atoms. The van der Waals surface area contributed by atoms with E-state index < -0.39 is 20.0 Å². The molecule has 0 aromatic heterocycles. The molecule has 32 heavy (non-hydrogen) atoms. The van der Waals surface area contributed by atoms with Gasteiger partial charge in [0.15, 0.2) is 0 Å². The van der Waals surface area contributed by atoms with Gasteiger partial charge in [-0.05, 0) is 73.2 Å². The van der Waals surface area contributed by atoms with Gasteiger partial charge in [-0.2, -0.15) is 4.31 Å². The predicted molar refractivity (Wildman–Crippen MR) is 124 cm³/mol. The molecule has 1 saturated heterocycles. The molecule has 1 atom stereocenters. The SMILES string of the molecule is CC1CCCN(S(=O)(=O)c2ccc(NC(=O)c3ccc4c(c3)CCN4S(C)(=O)=O)cc2)C1. The van der Waals surface area contributed by atoms with Crippen molar-refractivity contribution in [3.05, 3.63) is 53.6 Å². The fourth-order valence-corrected chi connectivity index (χ4v) is 6.84. The zero-order valence-electron chi connectivity index (χ0n) is 18.1. The zero-order valence-corrected chi connectivity index (χ0v) is 19.7. The van der Waals surface area contributed by atoms with Gasteiger partial charge in [0.25, 0.3) is 5.91 Å². The third kappa shape index (κ3) is 4.53. The Kier molecular flexibility index (Phi) is 6.04. The Bertz CT molecular complexity index is 1240. The molecule has 2 aromatic rings. The number of benzene rings is 2. The summed E-state index contributed by atoms with van der Waals surface area (Å²) in [6, 6.07) is 11.1. The van der Waals surface area contributed by atoms with E-state index >= 15 is 0 Å². The number of nitrogens with zero attached hydrogens (tertiary/aromatic N) is 2. The zero-order chi connectivity index (χ0) is 23.1. The fraction of sp³-hybridized carbons (Fsp3) is 0.409. The van der Waals surface area contributed by atoms with Crippen LogP contribution in [0.2, 0.25) is 0 Å². The second-order valence-corrected chi connectivity index (χ2v) is 12.4. The maximum absolute atomic E-state index is 12.9. The van der Waals surface area contributed by atoms with Gasteiger partial charge in [-0.25, -0.2) is 16.8 Å². The molecule has 2 heterocycles. The van der Waals surface area contributed by atoms with Crippen LogP contribution in [0.5, 0.6) is 0 Å². The van der Waals surface area contributed by atoms with Crippen molar-refractivity contribution < 1.29 is 21.6 Å². The van der Waals surface area contributed by atoms with Crippen molar-refractivity contribution in [1.29, 1.82) is 0 Å². The minimum absolute atomic E-state index is 0.211. The summed E-state index contributed by atoms with van der Waals surface area (Å²) < 4.78 is 52.4. The Labute approximate surface area is 189 Å². The van der Waals surface area contributed by atoms with Gasteiger partial charge in [0.2, 0.25) is 20.0 Å². The van der Waals surface area contributed by atoms with E-state index in [9.17, 15) is 21.6 Å². The molecule has 172 valence electrons. The number of hydrogen-bond donors (Lipinski definition) is 1. The number of piperidine rings is 1. The van der Waals surface area contributed by atoms with E-state index in [-0.39, 0.29) is 10.8 Å². The summed E-state index contributed by atoms with van der Waals surface area (Å²) in [7, 11) is -6.89. The van der Waals surface area contributed by atoms with Crippen LogP contribution < -0.4 is 9.62 Å². The summed E-state index contributed by atoms with van der Waals surface area (Å²) in [4.78, 5) is 12.9. The standard InChI is InChI=1S/C22H27N3O5S2/c1-16-4-3-12-24(15-16)32(29,30)20-8-6-19(7-9-20)23-22(26)18-5-10-21-17(14-18)11-13-25(21)31(2,27)28/h5-10,14,16H,3-4,11-13,15H2,1-2H3,(H,23,26). The highest BCUT2D eigenvalue weighted by Gasteiger charge is 2.29. The molecule has 0 spiro atoms. The number of hydrogen-bond acceptors (Lipinski definition) is 5. The van der Waals surface area contributed by atoms with Crippen molar-refractivity contribution in [3.63, 3.8) is 0 Å². The molecule has 0 radical (unpaired) electrons. The van der Waals surface area contributed by atoms with Gasteiger partial charge in [0.05, 0.1) is 16.8 Å². The van der Waals surface area contributed by atoms with Gasteiger partial charge in [-0.15, -0.1) is 0 Å². The highest BCUT2D eigenvalue weighted by atomic mass is 32.2. The van der Waals surface area contributed by atoms with E-state index in [1.54, 1.807) is 30.3 Å². The van der Waals surface area contributed by atoms with Gasteiger partial charge < -0.3 is 5.32 Å². The molecule has 1 amide bonds. The number of sulfonamides is 2. The number of amides is 1. The molecule has 1 unspecified atom stereocenters. The average molecular weight is 478 g/mol. The lowest BCUT2D eigenvalue weighted by atomic mass is 10.0. The van der Waals surface area contributed by atoms with Crippen molar-refractivity contribution in [3.8, 4) is 0 Å². The van der Waals surface area contributed by atoms with Gasteiger partial charge in [0, 0.05) is 30.9 Å². The summed E-state index contributed by atoms with van der Waals surface area (Å²) in [5.74, 6) is -0.0000103. The molecule has 0 aliphatic carbocycles. The van der Waals surface area contributed by atoms with Crippen molar-refractivity contribution in [2.75, 3.05) is 35.5 Å². The van der Waals surface area contributed by atoms with E-state index in [1.807, 2.05) is 0 Å². The molecule has 2 aliphatic rings. The van der Waals surface area contributed by atoms with Crippen LogP contribution in [-0.2, 0) is 26.5 Å². The van der Waals surface area contributed by atoms with E-state index in [0.717, 1.165) is 18.4 Å². The summed E-state index contributed by atoms with van der Waals surface area (Å²) in [5, 5.41) is 2.78. The molecule has 2 aliphatic heterocycles. The molecule has 1 fully saturated rings. The normalized spacial score (nSPS) is 19.6. The summed E-state index contributed by atoms with van der Waals surface area (Å²) >= 11 is 0. The third-order valence-corrected chi connectivity index (χ3v) is 9.02. The minimum atomic E-state index is -3.55. The molecule has 4 rings (SSSR count). The Morgan fingerprint density at radius 2 is 1.75 bits per heavy atom. The number of rotatable bonds is 5. The summed E-state index contributed by atoms with van der Waals surface area (Å²) in [6.07, 6.45) is 3.60. The van der Waals surface area contributed by atoms with Crippen LogP contribution in [0.3, 0.4) is 0 Å². The highest BCUT2D eigenvalue weighted by Crippen LogP contribution is 2.31. The maximum atomic E-state index is 12.9. The third-order valence-electron chi connectivity index (χ3n) is 5.96. The van der Waals surface area contributed by atoms with Crippen LogP contribution in [-0.4, -0.2) is 52.9 Å². The van der Waals surface area contributed by atoms with Crippen molar-refractivity contribution in [1.82, 2.24) is 4.31 Å². The first-order valence-electron chi connectivity index (χ1n) is 10.6. The van der Waals surface area contributed by atoms with E-state index in [0.29, 0.717) is 48.9 Å². The number of nitrogens with one attached hydrogen (secondary N) is 1. The number of carbonyl (C=O) groups excluding carboxylic acids is 1. The lowest BCUT2D eigenvalue weighted by molar-refractivity contribution is 0.102. The number of carbonyl (C=O) groups is 1. The van der Waals surface area contributed by atoms with E-state index in [4.69, 9.17) is 0 Å². The first-order chi connectivity index (χ1) is 15.1. The maximum Gasteiger partial charge on any atom is 0.255 e. The van der Waals surface area contributed by atoms with Crippen LogP contribution in [0.15, 0.2) is 47.4 Å². The number of fused-ring (bicyclic) bond motifs is 1. The monoisotopic (exact) mass is 477 g/mol. The lowest BCUT2D eigenvalue weighted by Gasteiger charge is -2.30. The quantitative estimate of drug-likeness (QED) is 0.713. The Morgan fingerprint density at radius 1 is 1.03 bits per heavy atom. The van der Waals surface area contributed by atoms with Gasteiger partial charge in [-0.1, -0.05) is 6.92 Å². The smallest absolute Gasteiger partial charge is 0.255 e. The fourth-order valence-electron chi connectivity index (χ4n) is 4.28. The summed E-state index contributed by atoms with van der Waals surface area (Å²) in [6.45, 7) is 3.47. The predicted octanol–water partition coefficient (Wildman–Crippen LogP) is 2.68. The highest BCUT2D eigenvalue weighted by molar-refractivity contribution is 7.92. The van der Waals surface area contributed by atoms with Crippen LogP contribution in [0, 0.1) is 5.92 Å². The summed E-state index contributed by atoms with van der Waals surface area (Å²) in [5.41, 5.74) is 2.31.